The van der Waals surface area contributed by atoms with Gasteiger partial charge in [-0.15, -0.1) is 0 Å². The van der Waals surface area contributed by atoms with Gasteiger partial charge in [-0.3, -0.25) is 0 Å². The Balaban J connectivity index is 2.77. The maximum Gasteiger partial charge on any atom is 0.0349 e. The number of benzene rings is 1. The van der Waals surface area contributed by atoms with Gasteiger partial charge in [0.1, 0.15) is 0 Å². The molecule has 0 spiro atoms. The molecule has 0 aliphatic heterocycles. The lowest BCUT2D eigenvalue weighted by Crippen LogP contribution is -2.00. The average molecular weight is 205 g/mol. The smallest absolute Gasteiger partial charge is 0.0349 e. The van der Waals surface area contributed by atoms with Crippen molar-refractivity contribution in [2.45, 2.75) is 52.4 Å². The summed E-state index contributed by atoms with van der Waals surface area (Å²) in [7, 11) is 0. The van der Waals surface area contributed by atoms with Gasteiger partial charge in [-0.25, -0.2) is 0 Å². The molecular formula is C14H23N. The summed E-state index contributed by atoms with van der Waals surface area (Å²) in [6, 6.07) is 6.34. The summed E-state index contributed by atoms with van der Waals surface area (Å²) in [6.07, 6.45) is 7.32. The van der Waals surface area contributed by atoms with E-state index in [4.69, 9.17) is 5.73 Å². The highest BCUT2D eigenvalue weighted by atomic mass is 14.6. The van der Waals surface area contributed by atoms with Crippen LogP contribution in [0.3, 0.4) is 0 Å². The van der Waals surface area contributed by atoms with E-state index < -0.39 is 0 Å². The zero-order valence-corrected chi connectivity index (χ0v) is 10.1. The zero-order chi connectivity index (χ0) is 11.1. The van der Waals surface area contributed by atoms with Gasteiger partial charge in [0, 0.05) is 5.69 Å². The predicted molar refractivity (Wildman–Crippen MR) is 68.1 cm³/mol. The van der Waals surface area contributed by atoms with E-state index in [9.17, 15) is 0 Å². The highest BCUT2D eigenvalue weighted by molar-refractivity contribution is 5.51. The first-order chi connectivity index (χ1) is 7.29. The molecule has 1 heteroatoms. The average Bonchev–Trinajstić information content (AvgIpc) is 2.25. The molecule has 0 aromatic heterocycles. The lowest BCUT2D eigenvalue weighted by Gasteiger charge is -2.11. The maximum atomic E-state index is 6.03. The molecule has 1 aromatic rings. The van der Waals surface area contributed by atoms with Crippen molar-refractivity contribution in [3.63, 3.8) is 0 Å². The third kappa shape index (κ3) is 3.58. The number of anilines is 1. The molecule has 0 aliphatic carbocycles. The van der Waals surface area contributed by atoms with Crippen molar-refractivity contribution in [3.05, 3.63) is 29.3 Å². The third-order valence-electron chi connectivity index (χ3n) is 2.89. The fourth-order valence-corrected chi connectivity index (χ4v) is 1.91. The molecule has 0 radical (unpaired) electrons. The summed E-state index contributed by atoms with van der Waals surface area (Å²) in [4.78, 5) is 0. The molecule has 1 aromatic carbocycles. The molecule has 1 rings (SSSR count). The van der Waals surface area contributed by atoms with Gasteiger partial charge in [-0.05, 0) is 42.9 Å². The zero-order valence-electron chi connectivity index (χ0n) is 10.1. The first-order valence-corrected chi connectivity index (χ1v) is 6.15. The van der Waals surface area contributed by atoms with Crippen LogP contribution < -0.4 is 5.73 Å². The summed E-state index contributed by atoms with van der Waals surface area (Å²) in [5.74, 6) is 0. The van der Waals surface area contributed by atoms with Crippen LogP contribution in [0.25, 0.3) is 0 Å². The second-order valence-corrected chi connectivity index (χ2v) is 4.19. The van der Waals surface area contributed by atoms with E-state index in [2.05, 4.69) is 26.0 Å². The molecule has 0 aliphatic rings. The standard InChI is InChI=1S/C14H23N/c1-3-5-8-12-9-7-11-14(15)13(12)10-6-4-2/h7,9,11H,3-6,8,10,15H2,1-2H3. The minimum Gasteiger partial charge on any atom is -0.398 e. The van der Waals surface area contributed by atoms with Gasteiger partial charge in [0.05, 0.1) is 0 Å². The van der Waals surface area contributed by atoms with E-state index >= 15 is 0 Å². The summed E-state index contributed by atoms with van der Waals surface area (Å²) >= 11 is 0. The first-order valence-electron chi connectivity index (χ1n) is 6.15. The van der Waals surface area contributed by atoms with Crippen molar-refractivity contribution in [1.82, 2.24) is 0 Å². The van der Waals surface area contributed by atoms with Crippen LogP contribution in [0, 0.1) is 0 Å². The van der Waals surface area contributed by atoms with Gasteiger partial charge < -0.3 is 5.73 Å². The van der Waals surface area contributed by atoms with Crippen molar-refractivity contribution in [3.8, 4) is 0 Å². The SMILES string of the molecule is CCCCc1cccc(N)c1CCCC. The molecule has 0 heterocycles. The van der Waals surface area contributed by atoms with Crippen molar-refractivity contribution in [2.24, 2.45) is 0 Å². The Morgan fingerprint density at radius 2 is 1.67 bits per heavy atom. The molecule has 0 fully saturated rings. The van der Waals surface area contributed by atoms with E-state index in [1.54, 1.807) is 0 Å². The lowest BCUT2D eigenvalue weighted by molar-refractivity contribution is 0.759. The van der Waals surface area contributed by atoms with Crippen molar-refractivity contribution in [2.75, 3.05) is 5.73 Å². The predicted octanol–water partition coefficient (Wildman–Crippen LogP) is 3.95. The minimum absolute atomic E-state index is 0.983. The van der Waals surface area contributed by atoms with Gasteiger partial charge in [0.2, 0.25) is 0 Å². The molecule has 0 saturated carbocycles. The van der Waals surface area contributed by atoms with Gasteiger partial charge in [0.15, 0.2) is 0 Å². The molecule has 15 heavy (non-hydrogen) atoms. The number of unbranched alkanes of at least 4 members (excludes halogenated alkanes) is 2. The van der Waals surface area contributed by atoms with Crippen LogP contribution >= 0.6 is 0 Å². The van der Waals surface area contributed by atoms with Crippen LogP contribution in [0.15, 0.2) is 18.2 Å². The van der Waals surface area contributed by atoms with Gasteiger partial charge >= 0.3 is 0 Å². The molecular weight excluding hydrogens is 182 g/mol. The lowest BCUT2D eigenvalue weighted by atomic mass is 9.96. The Labute approximate surface area is 93.7 Å². The van der Waals surface area contributed by atoms with E-state index in [1.165, 1.54) is 43.2 Å². The molecule has 0 bridgehead atoms. The largest absolute Gasteiger partial charge is 0.398 e. The van der Waals surface area contributed by atoms with Gasteiger partial charge in [-0.2, -0.15) is 0 Å². The Hall–Kier alpha value is -0.980. The highest BCUT2D eigenvalue weighted by Crippen LogP contribution is 2.21. The highest BCUT2D eigenvalue weighted by Gasteiger charge is 2.04. The van der Waals surface area contributed by atoms with Crippen LogP contribution in [0.4, 0.5) is 5.69 Å². The first kappa shape index (κ1) is 12.1. The summed E-state index contributed by atoms with van der Waals surface area (Å²) in [6.45, 7) is 4.46. The number of rotatable bonds is 6. The molecule has 0 amide bonds. The van der Waals surface area contributed by atoms with Crippen LogP contribution in [-0.2, 0) is 12.8 Å². The van der Waals surface area contributed by atoms with Gasteiger partial charge in [-0.1, -0.05) is 38.8 Å². The van der Waals surface area contributed by atoms with E-state index in [1.807, 2.05) is 6.07 Å². The number of hydrogen-bond donors (Lipinski definition) is 1. The molecule has 84 valence electrons. The van der Waals surface area contributed by atoms with Crippen LogP contribution in [0.1, 0.15) is 50.7 Å². The molecule has 0 unspecified atom stereocenters. The van der Waals surface area contributed by atoms with Crippen LogP contribution in [0.5, 0.6) is 0 Å². The Morgan fingerprint density at radius 1 is 1.00 bits per heavy atom. The number of nitrogens with two attached hydrogens (primary N) is 1. The fourth-order valence-electron chi connectivity index (χ4n) is 1.91. The van der Waals surface area contributed by atoms with Crippen molar-refractivity contribution >= 4 is 5.69 Å². The topological polar surface area (TPSA) is 26.0 Å². The molecule has 0 atom stereocenters. The van der Waals surface area contributed by atoms with Crippen LogP contribution in [0.2, 0.25) is 0 Å². The molecule has 2 N–H and O–H groups in total. The number of nitrogen functional groups attached to an aromatic ring is 1. The normalized spacial score (nSPS) is 10.5. The number of hydrogen-bond acceptors (Lipinski definition) is 1. The molecule has 0 saturated heterocycles. The van der Waals surface area contributed by atoms with E-state index in [0.29, 0.717) is 0 Å². The Kier molecular flexibility index (Phi) is 5.23. The summed E-state index contributed by atoms with van der Waals surface area (Å²) < 4.78 is 0. The summed E-state index contributed by atoms with van der Waals surface area (Å²) in [5, 5.41) is 0. The maximum absolute atomic E-state index is 6.03. The van der Waals surface area contributed by atoms with Crippen LogP contribution in [-0.4, -0.2) is 0 Å². The second kappa shape index (κ2) is 6.49. The second-order valence-electron chi connectivity index (χ2n) is 4.19. The fraction of sp³-hybridized carbons (Fsp3) is 0.571. The number of aryl methyl sites for hydroxylation is 1. The van der Waals surface area contributed by atoms with E-state index in [-0.39, 0.29) is 0 Å². The monoisotopic (exact) mass is 205 g/mol. The van der Waals surface area contributed by atoms with Gasteiger partial charge in [0.25, 0.3) is 0 Å². The summed E-state index contributed by atoms with van der Waals surface area (Å²) in [5.41, 5.74) is 9.88. The third-order valence-corrected chi connectivity index (χ3v) is 2.89. The Bertz CT molecular complexity index is 291. The molecule has 1 nitrogen and oxygen atoms in total. The van der Waals surface area contributed by atoms with Crippen molar-refractivity contribution in [1.29, 1.82) is 0 Å². The van der Waals surface area contributed by atoms with Crippen molar-refractivity contribution < 1.29 is 0 Å². The quantitative estimate of drug-likeness (QED) is 0.699. The Morgan fingerprint density at radius 3 is 2.33 bits per heavy atom. The van der Waals surface area contributed by atoms with E-state index in [0.717, 1.165) is 12.1 Å². The minimum atomic E-state index is 0.983.